The number of nitrogens with two attached hydrogens (primary N) is 2. The number of benzene rings is 1. The maximum absolute atomic E-state index is 11.8. The van der Waals surface area contributed by atoms with E-state index in [1.54, 1.807) is 0 Å². The van der Waals surface area contributed by atoms with E-state index in [0.717, 1.165) is 35.8 Å². The number of halogens is 1. The van der Waals surface area contributed by atoms with Crippen molar-refractivity contribution in [3.8, 4) is 10.4 Å². The molecule has 0 radical (unpaired) electrons. The minimum Gasteiger partial charge on any atom is -0.283 e. The minimum absolute atomic E-state index is 0.0306. The molecule has 1 aromatic heterocycles. The van der Waals surface area contributed by atoms with Gasteiger partial charge in [0.15, 0.2) is 0 Å². The van der Waals surface area contributed by atoms with E-state index in [-0.39, 0.29) is 25.4 Å². The zero-order chi connectivity index (χ0) is 20.1. The molecule has 0 aliphatic carbocycles. The number of sulfonamides is 3. The van der Waals surface area contributed by atoms with Gasteiger partial charge in [-0.05, 0) is 18.2 Å². The summed E-state index contributed by atoms with van der Waals surface area (Å²) in [6.07, 6.45) is 0.866. The van der Waals surface area contributed by atoms with Gasteiger partial charge in [-0.15, -0.1) is 24.0 Å². The van der Waals surface area contributed by atoms with Crippen molar-refractivity contribution in [3.05, 3.63) is 22.5 Å². The molecule has 15 heteroatoms. The summed E-state index contributed by atoms with van der Waals surface area (Å²) in [7, 11) is -12.3. The molecule has 144 valence electrons. The predicted molar refractivity (Wildman–Crippen MR) is 103 cm³/mol. The number of thiophene rings is 1. The minimum atomic E-state index is -4.25. The molecule has 0 amide bonds. The molecule has 0 saturated heterocycles. The SMILES string of the molecule is CS(=O)(=O)Nc1ccc(S(N)(=O)=O)c(S)c1-c1sc(Cl)cc1S(N)(=O)=O. The fraction of sp³-hybridized carbons (Fsp3) is 0.0909. The molecule has 0 fully saturated rings. The van der Waals surface area contributed by atoms with Gasteiger partial charge in [0.05, 0.1) is 26.1 Å². The van der Waals surface area contributed by atoms with E-state index in [9.17, 15) is 25.3 Å². The lowest BCUT2D eigenvalue weighted by molar-refractivity contribution is 0.595. The fourth-order valence-electron chi connectivity index (χ4n) is 2.05. The highest BCUT2D eigenvalue weighted by Crippen LogP contribution is 2.45. The van der Waals surface area contributed by atoms with Crippen LogP contribution in [-0.4, -0.2) is 31.5 Å². The van der Waals surface area contributed by atoms with Gasteiger partial charge in [-0.3, -0.25) is 4.72 Å². The van der Waals surface area contributed by atoms with Gasteiger partial charge in [0.25, 0.3) is 0 Å². The molecule has 0 aliphatic rings. The molecule has 0 aliphatic heterocycles. The third kappa shape index (κ3) is 4.69. The van der Waals surface area contributed by atoms with Crippen LogP contribution >= 0.6 is 35.6 Å². The largest absolute Gasteiger partial charge is 0.283 e. The quantitative estimate of drug-likeness (QED) is 0.469. The highest BCUT2D eigenvalue weighted by Gasteiger charge is 2.27. The number of anilines is 1. The summed E-state index contributed by atoms with van der Waals surface area (Å²) in [6.45, 7) is 0. The van der Waals surface area contributed by atoms with Gasteiger partial charge in [0.1, 0.15) is 4.90 Å². The second-order valence-corrected chi connectivity index (χ2v) is 12.0. The van der Waals surface area contributed by atoms with Crippen molar-refractivity contribution < 1.29 is 25.3 Å². The van der Waals surface area contributed by atoms with Gasteiger partial charge < -0.3 is 0 Å². The van der Waals surface area contributed by atoms with Crippen molar-refractivity contribution in [1.29, 1.82) is 0 Å². The number of primary sulfonamides is 2. The Labute approximate surface area is 164 Å². The number of nitrogens with one attached hydrogen (secondary N) is 1. The maximum atomic E-state index is 11.8. The van der Waals surface area contributed by atoms with E-state index in [4.69, 9.17) is 21.9 Å². The van der Waals surface area contributed by atoms with Gasteiger partial charge in [-0.2, -0.15) is 0 Å². The standard InChI is InChI=1S/C11H12ClN3O6S5/c1-24(16,17)15-5-2-3-6(25(13,18)19)10(22)9(5)11-7(26(14,20)21)4-8(12)23-11/h2-4,15,22H,1H3,(H2,13,18,19)(H2,14,20,21). The summed E-state index contributed by atoms with van der Waals surface area (Å²) in [4.78, 5) is -1.19. The van der Waals surface area contributed by atoms with Crippen molar-refractivity contribution >= 4 is 71.3 Å². The molecule has 0 bridgehead atoms. The number of thiol groups is 1. The van der Waals surface area contributed by atoms with E-state index in [2.05, 4.69) is 17.4 Å². The molecule has 2 rings (SSSR count). The molecule has 0 unspecified atom stereocenters. The molecule has 9 nitrogen and oxygen atoms in total. The first-order valence-corrected chi connectivity index (χ1v) is 12.9. The van der Waals surface area contributed by atoms with Gasteiger partial charge in [0.2, 0.25) is 30.1 Å². The number of hydrogen-bond donors (Lipinski definition) is 4. The fourth-order valence-corrected chi connectivity index (χ4v) is 6.45. The van der Waals surface area contributed by atoms with Crippen LogP contribution in [0.15, 0.2) is 32.9 Å². The van der Waals surface area contributed by atoms with Crippen LogP contribution in [0.1, 0.15) is 0 Å². The zero-order valence-electron chi connectivity index (χ0n) is 12.8. The van der Waals surface area contributed by atoms with Crippen molar-refractivity contribution in [2.45, 2.75) is 14.7 Å². The summed E-state index contributed by atoms with van der Waals surface area (Å²) in [5, 5.41) is 10.3. The monoisotopic (exact) mass is 477 g/mol. The second kappa shape index (κ2) is 6.94. The van der Waals surface area contributed by atoms with E-state index in [0.29, 0.717) is 0 Å². The summed E-state index contributed by atoms with van der Waals surface area (Å²) < 4.78 is 72.6. The lowest BCUT2D eigenvalue weighted by Crippen LogP contribution is -2.16. The first-order valence-electron chi connectivity index (χ1n) is 6.30. The van der Waals surface area contributed by atoms with Crippen LogP contribution in [-0.2, 0) is 30.1 Å². The second-order valence-electron chi connectivity index (χ2n) is 5.04. The van der Waals surface area contributed by atoms with E-state index in [1.165, 1.54) is 0 Å². The topological polar surface area (TPSA) is 166 Å². The summed E-state index contributed by atoms with van der Waals surface area (Å²) >= 11 is 10.8. The van der Waals surface area contributed by atoms with Crippen LogP contribution in [0.25, 0.3) is 10.4 Å². The van der Waals surface area contributed by atoms with Crippen LogP contribution in [0.4, 0.5) is 5.69 Å². The third-order valence-electron chi connectivity index (χ3n) is 2.94. The van der Waals surface area contributed by atoms with Crippen molar-refractivity contribution in [2.24, 2.45) is 10.3 Å². The Hall–Kier alpha value is -0.870. The van der Waals surface area contributed by atoms with Gasteiger partial charge in [-0.25, -0.2) is 35.5 Å². The maximum Gasteiger partial charge on any atom is 0.239 e. The Morgan fingerprint density at radius 1 is 1.04 bits per heavy atom. The van der Waals surface area contributed by atoms with E-state index < -0.39 is 39.9 Å². The molecule has 1 heterocycles. The Morgan fingerprint density at radius 3 is 2.04 bits per heavy atom. The average molecular weight is 478 g/mol. The van der Waals surface area contributed by atoms with Crippen LogP contribution in [0.3, 0.4) is 0 Å². The van der Waals surface area contributed by atoms with Crippen molar-refractivity contribution in [1.82, 2.24) is 0 Å². The van der Waals surface area contributed by atoms with E-state index in [1.807, 2.05) is 0 Å². The van der Waals surface area contributed by atoms with Crippen molar-refractivity contribution in [3.63, 3.8) is 0 Å². The first kappa shape index (κ1) is 21.4. The third-order valence-corrected chi connectivity index (χ3v) is 7.45. The lowest BCUT2D eigenvalue weighted by atomic mass is 10.1. The normalized spacial score (nSPS) is 13.0. The molecule has 26 heavy (non-hydrogen) atoms. The molecule has 2 aromatic rings. The molecule has 0 saturated carbocycles. The summed E-state index contributed by atoms with van der Waals surface area (Å²) in [5.74, 6) is 0. The van der Waals surface area contributed by atoms with Crippen molar-refractivity contribution in [2.75, 3.05) is 11.0 Å². The molecule has 0 spiro atoms. The molecule has 1 aromatic carbocycles. The smallest absolute Gasteiger partial charge is 0.239 e. The Balaban J connectivity index is 2.98. The van der Waals surface area contributed by atoms with Gasteiger partial charge in [0, 0.05) is 10.5 Å². The lowest BCUT2D eigenvalue weighted by Gasteiger charge is -2.15. The molecule has 5 N–H and O–H groups in total. The zero-order valence-corrected chi connectivity index (χ0v) is 17.7. The Morgan fingerprint density at radius 2 is 1.58 bits per heavy atom. The summed E-state index contributed by atoms with van der Waals surface area (Å²) in [6, 6.07) is 3.23. The van der Waals surface area contributed by atoms with Crippen LogP contribution < -0.4 is 15.0 Å². The van der Waals surface area contributed by atoms with Gasteiger partial charge >= 0.3 is 0 Å². The van der Waals surface area contributed by atoms with Crippen LogP contribution in [0.5, 0.6) is 0 Å². The number of rotatable bonds is 5. The first-order chi connectivity index (χ1) is 11.6. The Kier molecular flexibility index (Phi) is 5.72. The average Bonchev–Trinajstić information content (AvgIpc) is 2.77. The summed E-state index contributed by atoms with van der Waals surface area (Å²) in [5.41, 5.74) is -0.250. The molecule has 0 atom stereocenters. The predicted octanol–water partition coefficient (Wildman–Crippen LogP) is 1.02. The highest BCUT2D eigenvalue weighted by atomic mass is 35.5. The Bertz CT molecular complexity index is 1200. The van der Waals surface area contributed by atoms with Gasteiger partial charge in [-0.1, -0.05) is 11.6 Å². The molecular weight excluding hydrogens is 466 g/mol. The van der Waals surface area contributed by atoms with E-state index >= 15 is 0 Å². The highest BCUT2D eigenvalue weighted by molar-refractivity contribution is 7.92. The number of hydrogen-bond acceptors (Lipinski definition) is 8. The molecular formula is C11H12ClN3O6S5. The van der Waals surface area contributed by atoms with Crippen LogP contribution in [0.2, 0.25) is 4.34 Å². The van der Waals surface area contributed by atoms with Crippen LogP contribution in [0, 0.1) is 0 Å².